The predicted molar refractivity (Wildman–Crippen MR) is 131 cm³/mol. The van der Waals surface area contributed by atoms with Gasteiger partial charge in [0.05, 0.1) is 11.1 Å². The van der Waals surface area contributed by atoms with Crippen LogP contribution in [0.4, 0.5) is 0 Å². The number of rotatable bonds is 5. The van der Waals surface area contributed by atoms with E-state index in [9.17, 15) is 4.79 Å². The number of thioether (sulfide) groups is 1. The van der Waals surface area contributed by atoms with Crippen LogP contribution in [0.1, 0.15) is 21.6 Å². The zero-order valence-electron chi connectivity index (χ0n) is 17.8. The maximum Gasteiger partial charge on any atom is 0.267 e. The molecule has 0 N–H and O–H groups in total. The maximum absolute atomic E-state index is 13.8. The third-order valence-electron chi connectivity index (χ3n) is 5.79. The average molecular weight is 448 g/mol. The number of benzene rings is 2. The predicted octanol–water partition coefficient (Wildman–Crippen LogP) is 5.08. The second-order valence-corrected chi connectivity index (χ2v) is 10.3. The van der Waals surface area contributed by atoms with Crippen LogP contribution in [0.5, 0.6) is 0 Å². The SMILES string of the molecule is Cc1ccc(-n2c(SCCc3ccccc3)nc3sc4c(c3c2=O)CCN(C)C4)cc1. The lowest BCUT2D eigenvalue weighted by Gasteiger charge is -2.21. The fourth-order valence-electron chi connectivity index (χ4n) is 4.07. The first-order valence-corrected chi connectivity index (χ1v) is 12.4. The zero-order valence-corrected chi connectivity index (χ0v) is 19.4. The third kappa shape index (κ3) is 4.07. The van der Waals surface area contributed by atoms with Crippen molar-refractivity contribution in [3.63, 3.8) is 0 Å². The summed E-state index contributed by atoms with van der Waals surface area (Å²) >= 11 is 3.35. The van der Waals surface area contributed by atoms with Crippen molar-refractivity contribution < 1.29 is 0 Å². The Morgan fingerprint density at radius 2 is 1.87 bits per heavy atom. The van der Waals surface area contributed by atoms with Gasteiger partial charge in [0.15, 0.2) is 5.16 Å². The van der Waals surface area contributed by atoms with Crippen molar-refractivity contribution in [1.82, 2.24) is 14.5 Å². The molecule has 0 aliphatic carbocycles. The van der Waals surface area contributed by atoms with E-state index in [0.717, 1.165) is 52.7 Å². The molecule has 5 rings (SSSR count). The number of aromatic nitrogens is 2. The molecule has 0 atom stereocenters. The van der Waals surface area contributed by atoms with Gasteiger partial charge in [-0.2, -0.15) is 0 Å². The van der Waals surface area contributed by atoms with E-state index in [1.54, 1.807) is 23.1 Å². The van der Waals surface area contributed by atoms with Gasteiger partial charge in [-0.1, -0.05) is 59.8 Å². The Morgan fingerprint density at radius 1 is 1.10 bits per heavy atom. The largest absolute Gasteiger partial charge is 0.301 e. The summed E-state index contributed by atoms with van der Waals surface area (Å²) in [5.74, 6) is 0.877. The molecular formula is C25H25N3OS2. The summed E-state index contributed by atoms with van der Waals surface area (Å²) in [7, 11) is 2.14. The van der Waals surface area contributed by atoms with Gasteiger partial charge in [0, 0.05) is 23.7 Å². The van der Waals surface area contributed by atoms with Crippen LogP contribution in [-0.2, 0) is 19.4 Å². The summed E-state index contributed by atoms with van der Waals surface area (Å²) in [5, 5.41) is 1.60. The quantitative estimate of drug-likeness (QED) is 0.316. The highest BCUT2D eigenvalue weighted by molar-refractivity contribution is 7.99. The van der Waals surface area contributed by atoms with Crippen LogP contribution in [0.3, 0.4) is 0 Å². The topological polar surface area (TPSA) is 38.1 Å². The summed E-state index contributed by atoms with van der Waals surface area (Å²) in [5.41, 5.74) is 4.64. The molecule has 1 aliphatic heterocycles. The monoisotopic (exact) mass is 447 g/mol. The van der Waals surface area contributed by atoms with Crippen molar-refractivity contribution >= 4 is 33.3 Å². The van der Waals surface area contributed by atoms with E-state index < -0.39 is 0 Å². The normalized spacial score (nSPS) is 14.1. The van der Waals surface area contributed by atoms with E-state index >= 15 is 0 Å². The van der Waals surface area contributed by atoms with Gasteiger partial charge in [-0.25, -0.2) is 4.98 Å². The van der Waals surface area contributed by atoms with Crippen molar-refractivity contribution in [2.75, 3.05) is 19.3 Å². The Balaban J connectivity index is 1.59. The van der Waals surface area contributed by atoms with Crippen LogP contribution in [0, 0.1) is 6.92 Å². The molecule has 0 spiro atoms. The van der Waals surface area contributed by atoms with Crippen molar-refractivity contribution in [3.05, 3.63) is 86.5 Å². The number of nitrogens with zero attached hydrogens (tertiary/aromatic N) is 3. The molecule has 158 valence electrons. The molecule has 1 aliphatic rings. The number of aryl methyl sites for hydroxylation is 2. The van der Waals surface area contributed by atoms with Crippen LogP contribution < -0.4 is 5.56 Å². The Morgan fingerprint density at radius 3 is 2.65 bits per heavy atom. The van der Waals surface area contributed by atoms with Gasteiger partial charge in [-0.05, 0) is 50.1 Å². The molecule has 2 aromatic heterocycles. The van der Waals surface area contributed by atoms with Crippen LogP contribution in [0.2, 0.25) is 0 Å². The van der Waals surface area contributed by atoms with E-state index in [1.165, 1.54) is 21.6 Å². The van der Waals surface area contributed by atoms with Gasteiger partial charge < -0.3 is 4.90 Å². The first kappa shape index (κ1) is 20.5. The summed E-state index contributed by atoms with van der Waals surface area (Å²) in [6.07, 6.45) is 1.86. The van der Waals surface area contributed by atoms with Crippen molar-refractivity contribution in [1.29, 1.82) is 0 Å². The van der Waals surface area contributed by atoms with Crippen LogP contribution in [-0.4, -0.2) is 33.8 Å². The first-order valence-electron chi connectivity index (χ1n) is 10.6. The van der Waals surface area contributed by atoms with Crippen LogP contribution in [0.25, 0.3) is 15.9 Å². The van der Waals surface area contributed by atoms with Crippen molar-refractivity contribution in [3.8, 4) is 5.69 Å². The van der Waals surface area contributed by atoms with Gasteiger partial charge in [0.25, 0.3) is 5.56 Å². The fourth-order valence-corrected chi connectivity index (χ4v) is 6.42. The van der Waals surface area contributed by atoms with E-state index in [-0.39, 0.29) is 5.56 Å². The molecule has 6 heteroatoms. The first-order chi connectivity index (χ1) is 15.1. The molecule has 0 fully saturated rings. The molecule has 4 nitrogen and oxygen atoms in total. The highest BCUT2D eigenvalue weighted by Gasteiger charge is 2.24. The zero-order chi connectivity index (χ0) is 21.4. The van der Waals surface area contributed by atoms with Gasteiger partial charge in [-0.15, -0.1) is 11.3 Å². The Bertz CT molecular complexity index is 1280. The molecule has 0 amide bonds. The van der Waals surface area contributed by atoms with E-state index in [1.807, 2.05) is 22.8 Å². The lowest BCUT2D eigenvalue weighted by molar-refractivity contribution is 0.318. The Hall–Kier alpha value is -2.41. The lowest BCUT2D eigenvalue weighted by atomic mass is 10.1. The fraction of sp³-hybridized carbons (Fsp3) is 0.280. The smallest absolute Gasteiger partial charge is 0.267 e. The molecule has 2 aromatic carbocycles. The van der Waals surface area contributed by atoms with Crippen LogP contribution >= 0.6 is 23.1 Å². The number of fused-ring (bicyclic) bond motifs is 3. The van der Waals surface area contributed by atoms with Crippen molar-refractivity contribution in [2.24, 2.45) is 0 Å². The van der Waals surface area contributed by atoms with Gasteiger partial charge >= 0.3 is 0 Å². The minimum Gasteiger partial charge on any atom is -0.301 e. The number of thiophene rings is 1. The molecule has 0 radical (unpaired) electrons. The maximum atomic E-state index is 13.8. The molecule has 0 bridgehead atoms. The summed E-state index contributed by atoms with van der Waals surface area (Å²) in [4.78, 5) is 23.3. The standard InChI is InChI=1S/C25H25N3OS2/c1-17-8-10-19(11-9-17)28-24(29)22-20-12-14-27(2)16-21(20)31-23(22)26-25(28)30-15-13-18-6-4-3-5-7-18/h3-11H,12-16H2,1-2H3. The highest BCUT2D eigenvalue weighted by Crippen LogP contribution is 2.34. The Labute approximate surface area is 190 Å². The molecule has 3 heterocycles. The van der Waals surface area contributed by atoms with E-state index in [2.05, 4.69) is 55.3 Å². The Kier molecular flexibility index (Phi) is 5.69. The van der Waals surface area contributed by atoms with Crippen LogP contribution in [0.15, 0.2) is 64.5 Å². The summed E-state index contributed by atoms with van der Waals surface area (Å²) in [6, 6.07) is 18.6. The number of likely N-dealkylation sites (N-methyl/N-ethyl adjacent to an activating group) is 1. The minimum absolute atomic E-state index is 0.0677. The molecule has 0 saturated heterocycles. The second-order valence-electron chi connectivity index (χ2n) is 8.13. The molecule has 4 aromatic rings. The van der Waals surface area contributed by atoms with Gasteiger partial charge in [0.2, 0.25) is 0 Å². The lowest BCUT2D eigenvalue weighted by Crippen LogP contribution is -2.27. The molecular weight excluding hydrogens is 422 g/mol. The average Bonchev–Trinajstić information content (AvgIpc) is 3.13. The summed E-state index contributed by atoms with van der Waals surface area (Å²) < 4.78 is 1.82. The van der Waals surface area contributed by atoms with Gasteiger partial charge in [-0.3, -0.25) is 9.36 Å². The van der Waals surface area contributed by atoms with E-state index in [0.29, 0.717) is 0 Å². The third-order valence-corrected chi connectivity index (χ3v) is 7.84. The highest BCUT2D eigenvalue weighted by atomic mass is 32.2. The number of hydrogen-bond donors (Lipinski definition) is 0. The minimum atomic E-state index is 0.0677. The number of hydrogen-bond acceptors (Lipinski definition) is 5. The van der Waals surface area contributed by atoms with Crippen molar-refractivity contribution in [2.45, 2.75) is 31.5 Å². The molecule has 31 heavy (non-hydrogen) atoms. The molecule has 0 unspecified atom stereocenters. The second kappa shape index (κ2) is 8.61. The summed E-state index contributed by atoms with van der Waals surface area (Å²) in [6.45, 7) is 3.95. The van der Waals surface area contributed by atoms with Gasteiger partial charge in [0.1, 0.15) is 4.83 Å². The molecule has 0 saturated carbocycles. The van der Waals surface area contributed by atoms with E-state index in [4.69, 9.17) is 4.98 Å².